The van der Waals surface area contributed by atoms with Gasteiger partial charge in [0.15, 0.2) is 11.5 Å². The summed E-state index contributed by atoms with van der Waals surface area (Å²) in [5.74, 6) is 2.54. The summed E-state index contributed by atoms with van der Waals surface area (Å²) in [7, 11) is 0. The van der Waals surface area contributed by atoms with E-state index in [1.54, 1.807) is 6.07 Å². The molecule has 2 aromatic heterocycles. The van der Waals surface area contributed by atoms with Crippen LogP contribution >= 0.6 is 0 Å². The molecule has 1 aliphatic rings. The maximum Gasteiger partial charge on any atom is 0.316 e. The maximum atomic E-state index is 11.2. The molecule has 0 radical (unpaired) electrons. The van der Waals surface area contributed by atoms with Gasteiger partial charge in [-0.1, -0.05) is 32.0 Å². The molecule has 5 N–H and O–H groups in total. The molecule has 0 unspecified atom stereocenters. The Bertz CT molecular complexity index is 1350. The fourth-order valence-electron chi connectivity index (χ4n) is 4.15. The van der Waals surface area contributed by atoms with Crippen molar-refractivity contribution in [2.24, 2.45) is 11.7 Å². The summed E-state index contributed by atoms with van der Waals surface area (Å²) in [5, 5.41) is 7.08. The molecule has 5 rings (SSSR count). The Kier molecular flexibility index (Phi) is 5.67. The molecule has 9 nitrogen and oxygen atoms in total. The number of benzene rings is 2. The zero-order valence-corrected chi connectivity index (χ0v) is 19.0. The highest BCUT2D eigenvalue weighted by molar-refractivity contribution is 5.93. The zero-order valence-electron chi connectivity index (χ0n) is 19.0. The maximum absolute atomic E-state index is 11.2. The Morgan fingerprint density at radius 1 is 1.06 bits per heavy atom. The van der Waals surface area contributed by atoms with E-state index in [2.05, 4.69) is 45.5 Å². The molecule has 0 aliphatic carbocycles. The number of aromatic nitrogens is 3. The summed E-state index contributed by atoms with van der Waals surface area (Å²) in [6, 6.07) is 14.9. The Hall–Kier alpha value is -4.27. The van der Waals surface area contributed by atoms with Crippen LogP contribution in [-0.2, 0) is 0 Å². The van der Waals surface area contributed by atoms with Crippen LogP contribution in [-0.4, -0.2) is 34.2 Å². The highest BCUT2D eigenvalue weighted by Crippen LogP contribution is 2.37. The molecule has 1 aliphatic heterocycles. The van der Waals surface area contributed by atoms with E-state index in [0.717, 1.165) is 39.5 Å². The lowest BCUT2D eigenvalue weighted by molar-refractivity contribution is 0.171. The van der Waals surface area contributed by atoms with E-state index in [4.69, 9.17) is 15.2 Å². The van der Waals surface area contributed by atoms with Gasteiger partial charge in [-0.15, -0.1) is 0 Å². The molecule has 2 amide bonds. The lowest BCUT2D eigenvalue weighted by Gasteiger charge is -2.26. The Morgan fingerprint density at radius 2 is 1.88 bits per heavy atom. The summed E-state index contributed by atoms with van der Waals surface area (Å²) in [6.45, 7) is 5.43. The number of hydrogen-bond acceptors (Lipinski definition) is 6. The summed E-state index contributed by atoms with van der Waals surface area (Å²) < 4.78 is 11.5. The van der Waals surface area contributed by atoms with Crippen LogP contribution in [0.3, 0.4) is 0 Å². The number of nitrogens with one attached hydrogen (secondary N) is 3. The second kappa shape index (κ2) is 8.93. The van der Waals surface area contributed by atoms with Gasteiger partial charge in [-0.2, -0.15) is 0 Å². The van der Waals surface area contributed by atoms with Gasteiger partial charge >= 0.3 is 6.03 Å². The lowest BCUT2D eigenvalue weighted by Crippen LogP contribution is -2.19. The Labute approximate surface area is 196 Å². The van der Waals surface area contributed by atoms with Gasteiger partial charge in [0, 0.05) is 16.9 Å². The van der Waals surface area contributed by atoms with Gasteiger partial charge in [0.25, 0.3) is 0 Å². The van der Waals surface area contributed by atoms with E-state index in [9.17, 15) is 4.79 Å². The molecule has 2 aromatic carbocycles. The number of H-pyrrole nitrogens is 1. The molecule has 0 fully saturated rings. The first-order chi connectivity index (χ1) is 16.5. The summed E-state index contributed by atoms with van der Waals surface area (Å²) in [4.78, 5) is 23.5. The van der Waals surface area contributed by atoms with Crippen LogP contribution in [0.5, 0.6) is 11.5 Å². The first kappa shape index (κ1) is 21.6. The van der Waals surface area contributed by atoms with Gasteiger partial charge < -0.3 is 30.8 Å². The molecule has 0 saturated carbocycles. The third-order valence-electron chi connectivity index (χ3n) is 5.75. The summed E-state index contributed by atoms with van der Waals surface area (Å²) >= 11 is 0. The number of anilines is 2. The first-order valence-corrected chi connectivity index (χ1v) is 11.1. The van der Waals surface area contributed by atoms with E-state index in [1.807, 2.05) is 36.4 Å². The van der Waals surface area contributed by atoms with E-state index >= 15 is 0 Å². The molecule has 0 bridgehead atoms. The van der Waals surface area contributed by atoms with Crippen molar-refractivity contribution in [2.75, 3.05) is 23.8 Å². The summed E-state index contributed by atoms with van der Waals surface area (Å²) in [6.07, 6.45) is 1.54. The summed E-state index contributed by atoms with van der Waals surface area (Å²) in [5.41, 5.74) is 9.42. The van der Waals surface area contributed by atoms with E-state index in [-0.39, 0.29) is 12.0 Å². The van der Waals surface area contributed by atoms with Crippen molar-refractivity contribution in [3.05, 3.63) is 60.4 Å². The third kappa shape index (κ3) is 4.32. The second-order valence-corrected chi connectivity index (χ2v) is 8.51. The van der Waals surface area contributed by atoms with Gasteiger partial charge in [-0.3, -0.25) is 0 Å². The van der Waals surface area contributed by atoms with Gasteiger partial charge in [0.05, 0.1) is 11.4 Å². The number of nitrogens with zero attached hydrogens (tertiary/aromatic N) is 2. The number of hydrogen-bond donors (Lipinski definition) is 4. The Morgan fingerprint density at radius 3 is 2.68 bits per heavy atom. The number of amides is 2. The van der Waals surface area contributed by atoms with E-state index in [0.29, 0.717) is 24.5 Å². The van der Waals surface area contributed by atoms with Crippen LogP contribution in [0.4, 0.5) is 16.3 Å². The predicted octanol–water partition coefficient (Wildman–Crippen LogP) is 4.70. The van der Waals surface area contributed by atoms with E-state index in [1.165, 1.54) is 6.33 Å². The average molecular weight is 459 g/mol. The number of ether oxygens (including phenoxy) is 2. The molecular weight excluding hydrogens is 432 g/mol. The average Bonchev–Trinajstić information content (AvgIpc) is 3.27. The second-order valence-electron chi connectivity index (χ2n) is 8.51. The molecule has 0 spiro atoms. The zero-order chi connectivity index (χ0) is 23.7. The normalized spacial score (nSPS) is 13.6. The molecule has 4 aromatic rings. The molecule has 3 heterocycles. The molecular formula is C25H26N6O3. The van der Waals surface area contributed by atoms with Gasteiger partial charge in [0.2, 0.25) is 0 Å². The highest BCUT2D eigenvalue weighted by Gasteiger charge is 2.21. The van der Waals surface area contributed by atoms with Crippen LogP contribution in [0.15, 0.2) is 54.9 Å². The van der Waals surface area contributed by atoms with Crippen molar-refractivity contribution in [2.45, 2.75) is 19.9 Å². The molecule has 34 heavy (non-hydrogen) atoms. The quantitative estimate of drug-likeness (QED) is 0.332. The first-order valence-electron chi connectivity index (χ1n) is 11.1. The highest BCUT2D eigenvalue weighted by atomic mass is 16.6. The fourth-order valence-corrected chi connectivity index (χ4v) is 4.15. The van der Waals surface area contributed by atoms with Crippen molar-refractivity contribution in [3.8, 4) is 22.8 Å². The minimum Gasteiger partial charge on any atom is -0.486 e. The topological polar surface area (TPSA) is 127 Å². The fraction of sp³-hybridized carbons (Fsp3) is 0.240. The smallest absolute Gasteiger partial charge is 0.316 e. The van der Waals surface area contributed by atoms with E-state index < -0.39 is 6.03 Å². The standard InChI is InChI=1S/C25H26N6O3/c1-14(2)22(16-6-7-20-21(11-16)34-9-8-33-20)31-24-18-12-19(30-23(18)27-13-28-24)15-4-3-5-17(10-15)29-25(26)32/h3-7,10-14,22H,8-9H2,1-2H3,(H3,26,29,32)(H2,27,28,30,31)/t22-/m1/s1. The number of fused-ring (bicyclic) bond motifs is 2. The largest absolute Gasteiger partial charge is 0.486 e. The van der Waals surface area contributed by atoms with Crippen molar-refractivity contribution in [1.82, 2.24) is 15.0 Å². The number of primary amides is 1. The minimum atomic E-state index is -0.606. The van der Waals surface area contributed by atoms with Crippen molar-refractivity contribution < 1.29 is 14.3 Å². The van der Waals surface area contributed by atoms with Gasteiger partial charge in [0.1, 0.15) is 31.0 Å². The third-order valence-corrected chi connectivity index (χ3v) is 5.75. The van der Waals surface area contributed by atoms with Crippen LogP contribution in [0.1, 0.15) is 25.5 Å². The van der Waals surface area contributed by atoms with Crippen LogP contribution in [0.25, 0.3) is 22.3 Å². The van der Waals surface area contributed by atoms with Crippen molar-refractivity contribution >= 4 is 28.6 Å². The SMILES string of the molecule is CC(C)[C@@H](Nc1ncnc2[nH]c(-c3cccc(NC(N)=O)c3)cc12)c1ccc2c(c1)OCCO2. The van der Waals surface area contributed by atoms with Crippen LogP contribution in [0, 0.1) is 5.92 Å². The van der Waals surface area contributed by atoms with Crippen molar-refractivity contribution in [3.63, 3.8) is 0 Å². The number of carbonyl (C=O) groups excluding carboxylic acids is 1. The monoisotopic (exact) mass is 458 g/mol. The lowest BCUT2D eigenvalue weighted by atomic mass is 9.95. The Balaban J connectivity index is 1.48. The van der Waals surface area contributed by atoms with Gasteiger partial charge in [-0.25, -0.2) is 14.8 Å². The molecule has 9 heteroatoms. The molecule has 0 saturated heterocycles. The number of carbonyl (C=O) groups is 1. The van der Waals surface area contributed by atoms with Crippen LogP contribution in [0.2, 0.25) is 0 Å². The number of aromatic amines is 1. The number of rotatable bonds is 6. The number of urea groups is 1. The number of nitrogens with two attached hydrogens (primary N) is 1. The van der Waals surface area contributed by atoms with Gasteiger partial charge in [-0.05, 0) is 41.8 Å². The molecule has 1 atom stereocenters. The predicted molar refractivity (Wildman–Crippen MR) is 131 cm³/mol. The van der Waals surface area contributed by atoms with Crippen LogP contribution < -0.4 is 25.8 Å². The minimum absolute atomic E-state index is 0.00429. The van der Waals surface area contributed by atoms with Crippen molar-refractivity contribution in [1.29, 1.82) is 0 Å². The molecule has 174 valence electrons.